The molecule has 5 aromatic rings. The van der Waals surface area contributed by atoms with Crippen LogP contribution in [0, 0.1) is 0 Å². The Bertz CT molecular complexity index is 1640. The maximum Gasteiger partial charge on any atom is 0.315 e. The minimum absolute atomic E-state index is 0.0166. The summed E-state index contributed by atoms with van der Waals surface area (Å²) in [6, 6.07) is 34.2. The first-order valence-corrected chi connectivity index (χ1v) is 14.7. The lowest BCUT2D eigenvalue weighted by Gasteiger charge is -2.43. The van der Waals surface area contributed by atoms with Crippen molar-refractivity contribution in [2.45, 2.75) is 51.0 Å². The molecule has 1 saturated heterocycles. The molecule has 0 saturated carbocycles. The van der Waals surface area contributed by atoms with E-state index < -0.39 is 6.29 Å². The highest BCUT2D eigenvalue weighted by Gasteiger charge is 2.42. The molecule has 2 amide bonds. The van der Waals surface area contributed by atoms with Gasteiger partial charge in [0.05, 0.1) is 42.7 Å². The molecule has 4 unspecified atom stereocenters. The lowest BCUT2D eigenvalue weighted by molar-refractivity contribution is -0.263. The molecule has 4 atom stereocenters. The zero-order valence-corrected chi connectivity index (χ0v) is 24.1. The fourth-order valence-electron chi connectivity index (χ4n) is 5.71. The van der Waals surface area contributed by atoms with Gasteiger partial charge in [0.15, 0.2) is 6.29 Å². The number of ether oxygens (including phenoxy) is 2. The average Bonchev–Trinajstić information content (AvgIpc) is 3.47. The van der Waals surface area contributed by atoms with E-state index in [-0.39, 0.29) is 30.8 Å². The monoisotopic (exact) mass is 576 g/mol. The number of aromatic nitrogens is 2. The van der Waals surface area contributed by atoms with E-state index in [9.17, 15) is 9.90 Å². The van der Waals surface area contributed by atoms with Gasteiger partial charge in [-0.05, 0) is 41.3 Å². The van der Waals surface area contributed by atoms with Crippen molar-refractivity contribution in [3.05, 3.63) is 137 Å². The van der Waals surface area contributed by atoms with Crippen LogP contribution in [-0.4, -0.2) is 33.3 Å². The highest BCUT2D eigenvalue weighted by molar-refractivity contribution is 5.75. The Hall–Kier alpha value is -4.50. The Kier molecular flexibility index (Phi) is 8.79. The largest absolute Gasteiger partial charge is 0.392 e. The first-order valence-electron chi connectivity index (χ1n) is 14.7. The molecule has 43 heavy (non-hydrogen) atoms. The van der Waals surface area contributed by atoms with Gasteiger partial charge < -0.3 is 29.8 Å². The molecule has 0 spiro atoms. The molecule has 1 aliphatic rings. The molecule has 220 valence electrons. The molecule has 1 aromatic heterocycles. The number of hydrogen-bond donors (Lipinski definition) is 3. The second kappa shape index (κ2) is 13.2. The second-order valence-corrected chi connectivity index (χ2v) is 10.7. The summed E-state index contributed by atoms with van der Waals surface area (Å²) in [6.45, 7) is 3.45. The van der Waals surface area contributed by atoms with Gasteiger partial charge in [-0.25, -0.2) is 9.78 Å². The Morgan fingerprint density at radius 3 is 2.26 bits per heavy atom. The third-order valence-corrected chi connectivity index (χ3v) is 7.92. The Labute approximate surface area is 251 Å². The molecule has 1 aliphatic heterocycles. The molecule has 1 fully saturated rings. The van der Waals surface area contributed by atoms with Crippen molar-refractivity contribution in [3.8, 4) is 0 Å². The quantitative estimate of drug-likeness (QED) is 0.200. The van der Waals surface area contributed by atoms with Crippen LogP contribution in [0.5, 0.6) is 0 Å². The molecular formula is C35H36N4O4. The van der Waals surface area contributed by atoms with Gasteiger partial charge in [-0.2, -0.15) is 0 Å². The van der Waals surface area contributed by atoms with E-state index in [1.165, 1.54) is 0 Å². The second-order valence-electron chi connectivity index (χ2n) is 10.7. The van der Waals surface area contributed by atoms with E-state index in [0.29, 0.717) is 19.6 Å². The third-order valence-electron chi connectivity index (χ3n) is 7.92. The smallest absolute Gasteiger partial charge is 0.315 e. The van der Waals surface area contributed by atoms with Crippen molar-refractivity contribution >= 4 is 17.1 Å². The summed E-state index contributed by atoms with van der Waals surface area (Å²) >= 11 is 0. The van der Waals surface area contributed by atoms with Gasteiger partial charge in [-0.15, -0.1) is 0 Å². The van der Waals surface area contributed by atoms with Crippen LogP contribution in [0.1, 0.15) is 53.1 Å². The standard InChI is InChI=1S/C35H36N4O4/c1-2-36-35(41)37-20-24-12-18-28(19-13-24)34-42-31(21-39-23-38-29-10-6-7-11-30(29)39)32(26-8-4-3-5-9-26)33(43-34)27-16-14-25(22-40)15-17-27/h3-19,23,31-34,40H,2,20-22H2,1H3,(H2,36,37,41). The molecule has 0 radical (unpaired) electrons. The number of amides is 2. The van der Waals surface area contributed by atoms with E-state index in [2.05, 4.69) is 38.4 Å². The van der Waals surface area contributed by atoms with E-state index in [1.54, 1.807) is 0 Å². The summed E-state index contributed by atoms with van der Waals surface area (Å²) in [7, 11) is 0. The van der Waals surface area contributed by atoms with E-state index in [1.807, 2.05) is 98.2 Å². The van der Waals surface area contributed by atoms with Gasteiger partial charge in [-0.1, -0.05) is 91.0 Å². The fourth-order valence-corrected chi connectivity index (χ4v) is 5.71. The van der Waals surface area contributed by atoms with E-state index in [0.717, 1.165) is 38.9 Å². The SMILES string of the molecule is CCNC(=O)NCc1ccc(C2OC(Cn3cnc4ccccc43)C(c3ccccc3)C(c3ccc(CO)cc3)O2)cc1. The maximum absolute atomic E-state index is 11.9. The van der Waals surface area contributed by atoms with Crippen molar-refractivity contribution < 1.29 is 19.4 Å². The summed E-state index contributed by atoms with van der Waals surface area (Å²) in [6.07, 6.45) is 0.697. The lowest BCUT2D eigenvalue weighted by atomic mass is 9.83. The Morgan fingerprint density at radius 1 is 0.814 bits per heavy atom. The van der Waals surface area contributed by atoms with Crippen LogP contribution < -0.4 is 10.6 Å². The van der Waals surface area contributed by atoms with Gasteiger partial charge in [0.2, 0.25) is 0 Å². The zero-order chi connectivity index (χ0) is 29.6. The summed E-state index contributed by atoms with van der Waals surface area (Å²) < 4.78 is 15.8. The molecule has 8 heteroatoms. The molecular weight excluding hydrogens is 540 g/mol. The van der Waals surface area contributed by atoms with Crippen LogP contribution in [0.3, 0.4) is 0 Å². The minimum atomic E-state index is -0.618. The van der Waals surface area contributed by atoms with Crippen molar-refractivity contribution in [2.24, 2.45) is 0 Å². The summed E-state index contributed by atoms with van der Waals surface area (Å²) in [5, 5.41) is 15.3. The first kappa shape index (κ1) is 28.6. The predicted octanol–water partition coefficient (Wildman–Crippen LogP) is 5.99. The number of nitrogens with zero attached hydrogens (tertiary/aromatic N) is 2. The van der Waals surface area contributed by atoms with Crippen molar-refractivity contribution in [1.29, 1.82) is 0 Å². The summed E-state index contributed by atoms with van der Waals surface area (Å²) in [4.78, 5) is 16.5. The molecule has 0 aliphatic carbocycles. The molecule has 2 heterocycles. The van der Waals surface area contributed by atoms with Gasteiger partial charge in [0.1, 0.15) is 0 Å². The number of urea groups is 1. The number of carbonyl (C=O) groups is 1. The number of fused-ring (bicyclic) bond motifs is 1. The van der Waals surface area contributed by atoms with Crippen LogP contribution >= 0.6 is 0 Å². The molecule has 3 N–H and O–H groups in total. The van der Waals surface area contributed by atoms with Crippen molar-refractivity contribution in [2.75, 3.05) is 6.54 Å². The molecule has 8 nitrogen and oxygen atoms in total. The number of carbonyl (C=O) groups excluding carboxylic acids is 1. The number of aliphatic hydroxyl groups excluding tert-OH is 1. The predicted molar refractivity (Wildman–Crippen MR) is 165 cm³/mol. The molecule has 4 aromatic carbocycles. The number of para-hydroxylation sites is 2. The average molecular weight is 577 g/mol. The third kappa shape index (κ3) is 6.46. The van der Waals surface area contributed by atoms with E-state index >= 15 is 0 Å². The van der Waals surface area contributed by atoms with Gasteiger partial charge in [0, 0.05) is 24.6 Å². The van der Waals surface area contributed by atoms with Crippen LogP contribution in [0.25, 0.3) is 11.0 Å². The van der Waals surface area contributed by atoms with Crippen molar-refractivity contribution in [1.82, 2.24) is 20.2 Å². The Balaban J connectivity index is 1.35. The maximum atomic E-state index is 11.9. The summed E-state index contributed by atoms with van der Waals surface area (Å²) in [5.41, 5.74) is 6.85. The lowest BCUT2D eigenvalue weighted by Crippen LogP contribution is -2.39. The first-order chi connectivity index (χ1) is 21.1. The molecule has 6 rings (SSSR count). The van der Waals surface area contributed by atoms with Gasteiger partial charge in [0.25, 0.3) is 0 Å². The number of rotatable bonds is 9. The number of hydrogen-bond acceptors (Lipinski definition) is 5. The number of nitrogens with one attached hydrogen (secondary N) is 2. The van der Waals surface area contributed by atoms with Crippen LogP contribution in [0.4, 0.5) is 4.79 Å². The number of benzene rings is 4. The normalized spacial score (nSPS) is 20.1. The topological polar surface area (TPSA) is 97.6 Å². The van der Waals surface area contributed by atoms with Gasteiger partial charge >= 0.3 is 6.03 Å². The van der Waals surface area contributed by atoms with E-state index in [4.69, 9.17) is 9.47 Å². The van der Waals surface area contributed by atoms with Crippen molar-refractivity contribution in [3.63, 3.8) is 0 Å². The Morgan fingerprint density at radius 2 is 1.51 bits per heavy atom. The highest BCUT2D eigenvalue weighted by Crippen LogP contribution is 2.47. The zero-order valence-electron chi connectivity index (χ0n) is 24.1. The van der Waals surface area contributed by atoms with Crippen LogP contribution in [-0.2, 0) is 29.2 Å². The molecule has 0 bridgehead atoms. The van der Waals surface area contributed by atoms with Crippen LogP contribution in [0.2, 0.25) is 0 Å². The number of imidazole rings is 1. The summed E-state index contributed by atoms with van der Waals surface area (Å²) in [5.74, 6) is -0.112. The highest BCUT2D eigenvalue weighted by atomic mass is 16.7. The van der Waals surface area contributed by atoms with Crippen LogP contribution in [0.15, 0.2) is 109 Å². The fraction of sp³-hybridized carbons (Fsp3) is 0.257. The minimum Gasteiger partial charge on any atom is -0.392 e. The number of aliphatic hydroxyl groups is 1. The van der Waals surface area contributed by atoms with Gasteiger partial charge in [-0.3, -0.25) is 0 Å².